The van der Waals surface area contributed by atoms with Gasteiger partial charge in [0.1, 0.15) is 11.6 Å². The zero-order chi connectivity index (χ0) is 16.1. The number of nitrogens with zero attached hydrogens (tertiary/aromatic N) is 5. The largest absolute Gasteiger partial charge is 0.374 e. The predicted molar refractivity (Wildman–Crippen MR) is 86.1 cm³/mol. The van der Waals surface area contributed by atoms with Gasteiger partial charge in [0, 0.05) is 45.5 Å². The van der Waals surface area contributed by atoms with E-state index in [1.807, 2.05) is 7.05 Å². The molecule has 2 rings (SSSR count). The van der Waals surface area contributed by atoms with Crippen molar-refractivity contribution in [2.45, 2.75) is 18.9 Å². The number of piperidine rings is 1. The van der Waals surface area contributed by atoms with Crippen LogP contribution in [0.25, 0.3) is 0 Å². The molecule has 0 aromatic carbocycles. The normalized spacial score (nSPS) is 22.5. The van der Waals surface area contributed by atoms with E-state index >= 15 is 0 Å². The van der Waals surface area contributed by atoms with E-state index in [1.165, 1.54) is 0 Å². The Balaban J connectivity index is 1.97. The molecule has 0 unspecified atom stereocenters. The quantitative estimate of drug-likeness (QED) is 0.550. The van der Waals surface area contributed by atoms with E-state index in [0.717, 1.165) is 52.1 Å². The van der Waals surface area contributed by atoms with Gasteiger partial charge in [-0.25, -0.2) is 0 Å². The second-order valence-corrected chi connectivity index (χ2v) is 6.44. The van der Waals surface area contributed by atoms with Gasteiger partial charge in [-0.1, -0.05) is 0 Å². The average Bonchev–Trinajstić information content (AvgIpc) is 2.53. The van der Waals surface area contributed by atoms with Gasteiger partial charge in [-0.15, -0.1) is 0 Å². The van der Waals surface area contributed by atoms with E-state index < -0.39 is 0 Å². The standard InChI is InChI=1S/C16H27N5O/c1-18-6-4-15(5-7-18)20(3)16(22)14(12-17)13-21-10-8-19(2)9-11-21/h13,15H,4-11H2,1-3H3/b14-13-. The highest BCUT2D eigenvalue weighted by atomic mass is 16.2. The Morgan fingerprint density at radius 2 is 1.64 bits per heavy atom. The summed E-state index contributed by atoms with van der Waals surface area (Å²) in [6.07, 6.45) is 3.71. The number of amides is 1. The minimum absolute atomic E-state index is 0.143. The van der Waals surface area contributed by atoms with E-state index in [4.69, 9.17) is 0 Å². The van der Waals surface area contributed by atoms with Crippen LogP contribution >= 0.6 is 0 Å². The maximum atomic E-state index is 12.6. The van der Waals surface area contributed by atoms with Crippen LogP contribution in [0.5, 0.6) is 0 Å². The van der Waals surface area contributed by atoms with Crippen molar-refractivity contribution in [3.8, 4) is 6.07 Å². The summed E-state index contributed by atoms with van der Waals surface area (Å²) in [7, 11) is 6.02. The van der Waals surface area contributed by atoms with Crippen molar-refractivity contribution in [2.24, 2.45) is 0 Å². The highest BCUT2D eigenvalue weighted by molar-refractivity contribution is 5.97. The van der Waals surface area contributed by atoms with Crippen molar-refractivity contribution < 1.29 is 4.79 Å². The zero-order valence-corrected chi connectivity index (χ0v) is 14.0. The number of likely N-dealkylation sites (N-methyl/N-ethyl adjacent to an activating group) is 2. The third-order valence-corrected chi connectivity index (χ3v) is 4.76. The number of hydrogen-bond donors (Lipinski definition) is 0. The fraction of sp³-hybridized carbons (Fsp3) is 0.750. The molecule has 2 fully saturated rings. The summed E-state index contributed by atoms with van der Waals surface area (Å²) in [4.78, 5) is 21.0. The van der Waals surface area contributed by atoms with Crippen LogP contribution in [0.2, 0.25) is 0 Å². The molecule has 0 bridgehead atoms. The van der Waals surface area contributed by atoms with E-state index in [2.05, 4.69) is 34.9 Å². The first-order valence-electron chi connectivity index (χ1n) is 8.01. The summed E-state index contributed by atoms with van der Waals surface area (Å²) in [6.45, 7) is 5.68. The molecular formula is C16H27N5O. The lowest BCUT2D eigenvalue weighted by molar-refractivity contribution is -0.128. The van der Waals surface area contributed by atoms with E-state index in [-0.39, 0.29) is 17.5 Å². The van der Waals surface area contributed by atoms with Gasteiger partial charge in [-0.2, -0.15) is 5.26 Å². The molecule has 6 heteroatoms. The first-order chi connectivity index (χ1) is 10.5. The van der Waals surface area contributed by atoms with Crippen LogP contribution in [0, 0.1) is 11.3 Å². The highest BCUT2D eigenvalue weighted by Gasteiger charge is 2.26. The number of rotatable bonds is 3. The van der Waals surface area contributed by atoms with Crippen LogP contribution in [0.4, 0.5) is 0 Å². The topological polar surface area (TPSA) is 53.8 Å². The number of carbonyl (C=O) groups excluding carboxylic acids is 1. The van der Waals surface area contributed by atoms with Crippen LogP contribution in [0.15, 0.2) is 11.8 Å². The summed E-state index contributed by atoms with van der Waals surface area (Å²) in [5.74, 6) is -0.143. The average molecular weight is 305 g/mol. The van der Waals surface area contributed by atoms with Gasteiger partial charge in [0.05, 0.1) is 0 Å². The van der Waals surface area contributed by atoms with Gasteiger partial charge in [0.25, 0.3) is 5.91 Å². The molecule has 0 N–H and O–H groups in total. The smallest absolute Gasteiger partial charge is 0.265 e. The van der Waals surface area contributed by atoms with Crippen molar-refractivity contribution in [1.29, 1.82) is 5.26 Å². The lowest BCUT2D eigenvalue weighted by atomic mass is 10.0. The van der Waals surface area contributed by atoms with Gasteiger partial charge in [0.15, 0.2) is 0 Å². The monoisotopic (exact) mass is 305 g/mol. The van der Waals surface area contributed by atoms with Gasteiger partial charge in [-0.05, 0) is 40.0 Å². The molecule has 22 heavy (non-hydrogen) atoms. The molecule has 2 aliphatic heterocycles. The van der Waals surface area contributed by atoms with Crippen LogP contribution in [0.1, 0.15) is 12.8 Å². The lowest BCUT2D eigenvalue weighted by Crippen LogP contribution is -2.45. The number of hydrogen-bond acceptors (Lipinski definition) is 5. The Morgan fingerprint density at radius 1 is 1.09 bits per heavy atom. The maximum Gasteiger partial charge on any atom is 0.265 e. The van der Waals surface area contributed by atoms with Gasteiger partial charge >= 0.3 is 0 Å². The second kappa shape index (κ2) is 7.61. The maximum absolute atomic E-state index is 12.6. The fourth-order valence-electron chi connectivity index (χ4n) is 3.00. The third kappa shape index (κ3) is 4.21. The van der Waals surface area contributed by atoms with Gasteiger partial charge in [-0.3, -0.25) is 4.79 Å². The Kier molecular flexibility index (Phi) is 5.81. The van der Waals surface area contributed by atoms with Crippen LogP contribution in [-0.4, -0.2) is 92.0 Å². The minimum atomic E-state index is -0.143. The van der Waals surface area contributed by atoms with Crippen LogP contribution < -0.4 is 0 Å². The highest BCUT2D eigenvalue weighted by Crippen LogP contribution is 2.16. The molecule has 0 radical (unpaired) electrons. The van der Waals surface area contributed by atoms with Crippen LogP contribution in [-0.2, 0) is 4.79 Å². The van der Waals surface area contributed by atoms with Gasteiger partial charge < -0.3 is 19.6 Å². The fourth-order valence-corrected chi connectivity index (χ4v) is 3.00. The van der Waals surface area contributed by atoms with Crippen LogP contribution in [0.3, 0.4) is 0 Å². The molecule has 0 aliphatic carbocycles. The van der Waals surface area contributed by atoms with E-state index in [9.17, 15) is 10.1 Å². The number of nitriles is 1. The molecular weight excluding hydrogens is 278 g/mol. The van der Waals surface area contributed by atoms with E-state index in [1.54, 1.807) is 11.1 Å². The van der Waals surface area contributed by atoms with Crippen molar-refractivity contribution in [3.05, 3.63) is 11.8 Å². The summed E-state index contributed by atoms with van der Waals surface area (Å²) in [6, 6.07) is 2.34. The SMILES string of the molecule is CN1CCC(N(C)C(=O)/C(C#N)=C\N2CCN(C)CC2)CC1. The van der Waals surface area contributed by atoms with Crippen molar-refractivity contribution in [2.75, 3.05) is 60.4 Å². The summed E-state index contributed by atoms with van der Waals surface area (Å²) >= 11 is 0. The molecule has 0 aromatic rings. The first-order valence-corrected chi connectivity index (χ1v) is 8.01. The molecule has 6 nitrogen and oxygen atoms in total. The summed E-state index contributed by atoms with van der Waals surface area (Å²) in [5, 5.41) is 9.36. The summed E-state index contributed by atoms with van der Waals surface area (Å²) in [5.41, 5.74) is 0.256. The molecule has 0 aromatic heterocycles. The molecule has 122 valence electrons. The number of likely N-dealkylation sites (tertiary alicyclic amines) is 1. The Labute approximate surface area is 133 Å². The lowest BCUT2D eigenvalue weighted by Gasteiger charge is -2.35. The zero-order valence-electron chi connectivity index (χ0n) is 14.0. The number of piperazine rings is 1. The molecule has 2 aliphatic rings. The first kappa shape index (κ1) is 16.8. The molecule has 2 heterocycles. The Bertz CT molecular complexity index is 454. The molecule has 0 saturated carbocycles. The predicted octanol–water partition coefficient (Wildman–Crippen LogP) is 0.194. The third-order valence-electron chi connectivity index (χ3n) is 4.76. The van der Waals surface area contributed by atoms with Crippen molar-refractivity contribution in [3.63, 3.8) is 0 Å². The molecule has 0 atom stereocenters. The minimum Gasteiger partial charge on any atom is -0.374 e. The molecule has 0 spiro atoms. The Morgan fingerprint density at radius 3 is 2.18 bits per heavy atom. The second-order valence-electron chi connectivity index (χ2n) is 6.44. The van der Waals surface area contributed by atoms with E-state index in [0.29, 0.717) is 0 Å². The van der Waals surface area contributed by atoms with Gasteiger partial charge in [0.2, 0.25) is 0 Å². The molecule has 2 saturated heterocycles. The summed E-state index contributed by atoms with van der Waals surface area (Å²) < 4.78 is 0. The van der Waals surface area contributed by atoms with Crippen molar-refractivity contribution in [1.82, 2.24) is 19.6 Å². The number of carbonyl (C=O) groups is 1. The molecule has 1 amide bonds. The Hall–Kier alpha value is -1.58. The van der Waals surface area contributed by atoms with Crippen molar-refractivity contribution >= 4 is 5.91 Å².